The van der Waals surface area contributed by atoms with Crippen LogP contribution in [0.25, 0.3) is 0 Å². The second kappa shape index (κ2) is 9.41. The molecule has 0 atom stereocenters. The van der Waals surface area contributed by atoms with Crippen LogP contribution in [-0.2, 0) is 0 Å². The zero-order valence-electron chi connectivity index (χ0n) is 14.8. The van der Waals surface area contributed by atoms with Gasteiger partial charge in [-0.25, -0.2) is 9.18 Å². The van der Waals surface area contributed by atoms with E-state index in [9.17, 15) is 14.0 Å². The number of rotatable bonds is 8. The molecule has 0 aromatic heterocycles. The third-order valence-electron chi connectivity index (χ3n) is 4.01. The minimum atomic E-state index is -0.239. The Kier molecular flexibility index (Phi) is 6.70. The largest absolute Gasteiger partial charge is 0.352 e. The highest BCUT2D eigenvalue weighted by atomic mass is 32.2. The van der Waals surface area contributed by atoms with Crippen LogP contribution in [0.15, 0.2) is 53.4 Å². The Labute approximate surface area is 162 Å². The second-order valence-electron chi connectivity index (χ2n) is 6.36. The van der Waals surface area contributed by atoms with Crippen molar-refractivity contribution in [2.45, 2.75) is 30.2 Å². The summed E-state index contributed by atoms with van der Waals surface area (Å²) in [7, 11) is 0. The van der Waals surface area contributed by atoms with Gasteiger partial charge in [0.05, 0.1) is 0 Å². The summed E-state index contributed by atoms with van der Waals surface area (Å²) in [4.78, 5) is 24.8. The molecule has 3 rings (SSSR count). The van der Waals surface area contributed by atoms with Crippen molar-refractivity contribution in [3.8, 4) is 0 Å². The lowest BCUT2D eigenvalue weighted by Gasteiger charge is -2.08. The fraction of sp³-hybridized carbons (Fsp3) is 0.300. The van der Waals surface area contributed by atoms with E-state index in [0.29, 0.717) is 23.8 Å². The predicted octanol–water partition coefficient (Wildman–Crippen LogP) is 4.02. The first-order valence-corrected chi connectivity index (χ1v) is 9.93. The molecule has 3 N–H and O–H groups in total. The molecule has 7 heteroatoms. The number of nitrogens with one attached hydrogen (secondary N) is 3. The van der Waals surface area contributed by atoms with Crippen LogP contribution in [0.5, 0.6) is 0 Å². The first-order valence-electron chi connectivity index (χ1n) is 8.94. The third-order valence-corrected chi connectivity index (χ3v) is 5.10. The first-order chi connectivity index (χ1) is 13.1. The number of amides is 3. The maximum atomic E-state index is 12.8. The summed E-state index contributed by atoms with van der Waals surface area (Å²) in [6.07, 6.45) is 2.89. The molecule has 1 saturated carbocycles. The first kappa shape index (κ1) is 19.2. The van der Waals surface area contributed by atoms with Crippen LogP contribution in [0.3, 0.4) is 0 Å². The van der Waals surface area contributed by atoms with Gasteiger partial charge in [0.1, 0.15) is 5.82 Å². The fourth-order valence-corrected chi connectivity index (χ4v) is 3.24. The quantitative estimate of drug-likeness (QED) is 0.473. The molecule has 0 saturated heterocycles. The molecule has 0 spiro atoms. The van der Waals surface area contributed by atoms with Crippen LogP contribution >= 0.6 is 11.8 Å². The van der Waals surface area contributed by atoms with E-state index in [0.717, 1.165) is 29.9 Å². The van der Waals surface area contributed by atoms with E-state index >= 15 is 0 Å². The normalized spacial score (nSPS) is 13.1. The lowest BCUT2D eigenvalue weighted by Crippen LogP contribution is -2.30. The average Bonchev–Trinajstić information content (AvgIpc) is 3.47. The third kappa shape index (κ3) is 6.60. The van der Waals surface area contributed by atoms with E-state index in [-0.39, 0.29) is 17.8 Å². The van der Waals surface area contributed by atoms with Crippen LogP contribution in [-0.4, -0.2) is 30.3 Å². The van der Waals surface area contributed by atoms with E-state index in [4.69, 9.17) is 0 Å². The highest BCUT2D eigenvalue weighted by molar-refractivity contribution is 7.99. The lowest BCUT2D eigenvalue weighted by molar-refractivity contribution is 0.0954. The minimum absolute atomic E-state index is 0.143. The Morgan fingerprint density at radius 3 is 2.41 bits per heavy atom. The molecular weight excluding hydrogens is 365 g/mol. The van der Waals surface area contributed by atoms with Gasteiger partial charge in [-0.15, -0.1) is 11.8 Å². The number of anilines is 1. The summed E-state index contributed by atoms with van der Waals surface area (Å²) < 4.78 is 12.8. The van der Waals surface area contributed by atoms with Crippen LogP contribution in [0.2, 0.25) is 0 Å². The van der Waals surface area contributed by atoms with Gasteiger partial charge in [0.2, 0.25) is 0 Å². The number of hydrogen-bond donors (Lipinski definition) is 3. The Bertz CT molecular complexity index is 777. The van der Waals surface area contributed by atoms with Gasteiger partial charge < -0.3 is 16.0 Å². The number of hydrogen-bond acceptors (Lipinski definition) is 3. The molecule has 1 aliphatic rings. The highest BCUT2D eigenvalue weighted by Gasteiger charge is 2.23. The van der Waals surface area contributed by atoms with Gasteiger partial charge in [-0.2, -0.15) is 0 Å². The van der Waals surface area contributed by atoms with Crippen molar-refractivity contribution in [3.63, 3.8) is 0 Å². The molecule has 0 bridgehead atoms. The van der Waals surface area contributed by atoms with Crippen molar-refractivity contribution in [2.75, 3.05) is 17.6 Å². The van der Waals surface area contributed by atoms with E-state index in [2.05, 4.69) is 16.0 Å². The zero-order valence-corrected chi connectivity index (χ0v) is 15.7. The number of carbonyl (C=O) groups excluding carboxylic acids is 2. The number of benzene rings is 2. The molecule has 3 amide bonds. The van der Waals surface area contributed by atoms with Gasteiger partial charge in [0.25, 0.3) is 5.91 Å². The molecule has 2 aromatic carbocycles. The highest BCUT2D eigenvalue weighted by Crippen LogP contribution is 2.19. The monoisotopic (exact) mass is 387 g/mol. The van der Waals surface area contributed by atoms with Crippen LogP contribution in [0, 0.1) is 5.82 Å². The zero-order chi connectivity index (χ0) is 19.1. The molecule has 1 fully saturated rings. The van der Waals surface area contributed by atoms with Gasteiger partial charge in [-0.1, -0.05) is 0 Å². The summed E-state index contributed by atoms with van der Waals surface area (Å²) >= 11 is 1.63. The van der Waals surface area contributed by atoms with Gasteiger partial charge in [-0.3, -0.25) is 4.79 Å². The molecule has 0 aliphatic heterocycles. The van der Waals surface area contributed by atoms with Crippen molar-refractivity contribution in [1.82, 2.24) is 10.6 Å². The summed E-state index contributed by atoms with van der Waals surface area (Å²) in [6.45, 7) is 0.566. The molecule has 0 radical (unpaired) electrons. The topological polar surface area (TPSA) is 70.2 Å². The van der Waals surface area contributed by atoms with E-state index in [1.165, 1.54) is 12.1 Å². The van der Waals surface area contributed by atoms with Crippen molar-refractivity contribution in [2.24, 2.45) is 0 Å². The fourth-order valence-electron chi connectivity index (χ4n) is 2.38. The number of thioether (sulfide) groups is 1. The smallest absolute Gasteiger partial charge is 0.319 e. The van der Waals surface area contributed by atoms with Crippen molar-refractivity contribution < 1.29 is 14.0 Å². The summed E-state index contributed by atoms with van der Waals surface area (Å²) in [6, 6.07) is 13.3. The van der Waals surface area contributed by atoms with Crippen LogP contribution < -0.4 is 16.0 Å². The van der Waals surface area contributed by atoms with Crippen LogP contribution in [0.1, 0.15) is 29.6 Å². The minimum Gasteiger partial charge on any atom is -0.352 e. The molecule has 1 aliphatic carbocycles. The van der Waals surface area contributed by atoms with Crippen molar-refractivity contribution in [1.29, 1.82) is 0 Å². The summed E-state index contributed by atoms with van der Waals surface area (Å²) in [5.41, 5.74) is 1.20. The standard InChI is InChI=1S/C20H22FN3O2S/c21-15-4-10-18(11-5-15)27-13-1-12-22-19(25)14-2-6-16(7-3-14)23-20(26)24-17-8-9-17/h2-7,10-11,17H,1,8-9,12-13H2,(H,22,25)(H2,23,24,26). The lowest BCUT2D eigenvalue weighted by atomic mass is 10.2. The SMILES string of the molecule is O=C(Nc1ccc(C(=O)NCCCSc2ccc(F)cc2)cc1)NC1CC1. The average molecular weight is 387 g/mol. The number of carbonyl (C=O) groups is 2. The number of urea groups is 1. The van der Waals surface area contributed by atoms with Gasteiger partial charge >= 0.3 is 6.03 Å². The Morgan fingerprint density at radius 2 is 1.74 bits per heavy atom. The van der Waals surface area contributed by atoms with E-state index < -0.39 is 0 Å². The molecule has 142 valence electrons. The van der Waals surface area contributed by atoms with E-state index in [1.54, 1.807) is 48.2 Å². The van der Waals surface area contributed by atoms with Crippen molar-refractivity contribution >= 4 is 29.4 Å². The van der Waals surface area contributed by atoms with Crippen LogP contribution in [0.4, 0.5) is 14.9 Å². The maximum Gasteiger partial charge on any atom is 0.319 e. The Morgan fingerprint density at radius 1 is 1.04 bits per heavy atom. The predicted molar refractivity (Wildman–Crippen MR) is 106 cm³/mol. The molecule has 5 nitrogen and oxygen atoms in total. The Balaban J connectivity index is 1.34. The van der Waals surface area contributed by atoms with Gasteiger partial charge in [-0.05, 0) is 73.5 Å². The molecule has 0 unspecified atom stereocenters. The molecule has 27 heavy (non-hydrogen) atoms. The molecule has 2 aromatic rings. The molecular formula is C20H22FN3O2S. The number of halogens is 1. The summed E-state index contributed by atoms with van der Waals surface area (Å²) in [5.74, 6) is 0.456. The second-order valence-corrected chi connectivity index (χ2v) is 7.53. The maximum absolute atomic E-state index is 12.8. The van der Waals surface area contributed by atoms with Crippen molar-refractivity contribution in [3.05, 3.63) is 59.9 Å². The van der Waals surface area contributed by atoms with Gasteiger partial charge in [0, 0.05) is 28.7 Å². The van der Waals surface area contributed by atoms with E-state index in [1.807, 2.05) is 0 Å². The van der Waals surface area contributed by atoms with Gasteiger partial charge in [0.15, 0.2) is 0 Å². The Hall–Kier alpha value is -2.54. The summed E-state index contributed by atoms with van der Waals surface area (Å²) in [5, 5.41) is 8.47. The molecule has 0 heterocycles.